The van der Waals surface area contributed by atoms with Gasteiger partial charge in [0, 0.05) is 26.2 Å². The van der Waals surface area contributed by atoms with Gasteiger partial charge in [0.2, 0.25) is 0 Å². The largest absolute Gasteiger partial charge is 0.444 e. The summed E-state index contributed by atoms with van der Waals surface area (Å²) in [6, 6.07) is 2.01. The molecule has 2 atom stereocenters. The van der Waals surface area contributed by atoms with Gasteiger partial charge in [-0.15, -0.1) is 0 Å². The second-order valence-electron chi connectivity index (χ2n) is 10.5. The number of benzene rings is 1. The molecule has 11 nitrogen and oxygen atoms in total. The summed E-state index contributed by atoms with van der Waals surface area (Å²) < 4.78 is 37.9. The molecule has 2 bridgehead atoms. The topological polar surface area (TPSA) is 116 Å². The lowest BCUT2D eigenvalue weighted by atomic mass is 9.92. The molecule has 2 N–H and O–H groups in total. The van der Waals surface area contributed by atoms with Crippen LogP contribution in [-0.4, -0.2) is 78.7 Å². The summed E-state index contributed by atoms with van der Waals surface area (Å²) in [5.41, 5.74) is 2.17. The quantitative estimate of drug-likeness (QED) is 0.545. The van der Waals surface area contributed by atoms with Gasteiger partial charge in [0.1, 0.15) is 17.2 Å². The van der Waals surface area contributed by atoms with E-state index in [0.717, 1.165) is 5.69 Å². The summed E-state index contributed by atoms with van der Waals surface area (Å²) in [4.78, 5) is 28.0. The first-order valence-electron chi connectivity index (χ1n) is 12.5. The maximum absolute atomic E-state index is 14.5. The number of carbonyl (C=O) groups is 2. The Morgan fingerprint density at radius 2 is 1.84 bits per heavy atom. The van der Waals surface area contributed by atoms with Crippen LogP contribution in [0.25, 0.3) is 5.69 Å². The van der Waals surface area contributed by atoms with Crippen LogP contribution in [0.15, 0.2) is 12.1 Å². The van der Waals surface area contributed by atoms with Gasteiger partial charge in [0.25, 0.3) is 0 Å². The fourth-order valence-electron chi connectivity index (χ4n) is 4.84. The molecule has 0 saturated carbocycles. The van der Waals surface area contributed by atoms with Crippen molar-refractivity contribution in [3.63, 3.8) is 0 Å². The van der Waals surface area contributed by atoms with Crippen LogP contribution in [0, 0.1) is 19.7 Å². The number of methoxy groups -OCH3 is 2. The average molecular weight is 534 g/mol. The average Bonchev–Trinajstić information content (AvgIpc) is 3.18. The van der Waals surface area contributed by atoms with Crippen molar-refractivity contribution in [2.75, 3.05) is 39.3 Å². The number of hydrogen-bond donors (Lipinski definition) is 2. The van der Waals surface area contributed by atoms with Crippen molar-refractivity contribution in [3.8, 4) is 5.69 Å². The summed E-state index contributed by atoms with van der Waals surface area (Å²) >= 11 is 0. The van der Waals surface area contributed by atoms with E-state index in [1.807, 2.05) is 20.8 Å². The SMILES string of the molecule is COC(CNC(=O)Nc1c2c(nn1-c1cc(C)c(F)c(C)c1)CC1COCC2N1C(=O)OC(C)(C)C)OC. The van der Waals surface area contributed by atoms with Crippen LogP contribution in [0.3, 0.4) is 0 Å². The van der Waals surface area contributed by atoms with Gasteiger partial charge < -0.3 is 24.3 Å². The van der Waals surface area contributed by atoms with Crippen LogP contribution >= 0.6 is 0 Å². The molecule has 12 heteroatoms. The first-order valence-corrected chi connectivity index (χ1v) is 12.5. The molecule has 1 aromatic carbocycles. The predicted octanol–water partition coefficient (Wildman–Crippen LogP) is 3.60. The highest BCUT2D eigenvalue weighted by Gasteiger charge is 2.46. The molecule has 3 amide bonds. The first kappa shape index (κ1) is 27.8. The Labute approximate surface area is 221 Å². The second-order valence-corrected chi connectivity index (χ2v) is 10.5. The van der Waals surface area contributed by atoms with Crippen molar-refractivity contribution in [2.24, 2.45) is 0 Å². The maximum atomic E-state index is 14.5. The van der Waals surface area contributed by atoms with E-state index >= 15 is 0 Å². The molecule has 38 heavy (non-hydrogen) atoms. The smallest absolute Gasteiger partial charge is 0.411 e. The third-order valence-electron chi connectivity index (χ3n) is 6.53. The molecular weight excluding hydrogens is 497 g/mol. The van der Waals surface area contributed by atoms with E-state index in [4.69, 9.17) is 24.0 Å². The zero-order valence-corrected chi connectivity index (χ0v) is 22.9. The van der Waals surface area contributed by atoms with Gasteiger partial charge in [-0.1, -0.05) is 0 Å². The number of amides is 3. The molecule has 0 radical (unpaired) electrons. The van der Waals surface area contributed by atoms with E-state index in [-0.39, 0.29) is 25.0 Å². The van der Waals surface area contributed by atoms with E-state index in [2.05, 4.69) is 10.6 Å². The maximum Gasteiger partial charge on any atom is 0.411 e. The highest BCUT2D eigenvalue weighted by molar-refractivity contribution is 5.90. The van der Waals surface area contributed by atoms with Gasteiger partial charge in [0.05, 0.1) is 43.2 Å². The summed E-state index contributed by atoms with van der Waals surface area (Å²) in [5.74, 6) is 0.0558. The van der Waals surface area contributed by atoms with Crippen molar-refractivity contribution in [1.29, 1.82) is 0 Å². The Kier molecular flexibility index (Phi) is 7.96. The predicted molar refractivity (Wildman–Crippen MR) is 137 cm³/mol. The lowest BCUT2D eigenvalue weighted by molar-refractivity contribution is -0.0970. The molecule has 1 aromatic heterocycles. The van der Waals surface area contributed by atoms with Crippen molar-refractivity contribution in [3.05, 3.63) is 40.3 Å². The summed E-state index contributed by atoms with van der Waals surface area (Å²) in [6.45, 7) is 9.45. The lowest BCUT2D eigenvalue weighted by Gasteiger charge is -2.45. The minimum atomic E-state index is -0.680. The Morgan fingerprint density at radius 3 is 2.45 bits per heavy atom. The van der Waals surface area contributed by atoms with Crippen LogP contribution in [0.1, 0.15) is 49.2 Å². The van der Waals surface area contributed by atoms with Gasteiger partial charge in [-0.25, -0.2) is 18.7 Å². The molecule has 1 fully saturated rings. The highest BCUT2D eigenvalue weighted by atomic mass is 19.1. The van der Waals surface area contributed by atoms with Crippen molar-refractivity contribution >= 4 is 17.9 Å². The number of urea groups is 1. The van der Waals surface area contributed by atoms with Crippen molar-refractivity contribution in [2.45, 2.75) is 65.0 Å². The van der Waals surface area contributed by atoms with Crippen LogP contribution < -0.4 is 10.6 Å². The number of nitrogens with one attached hydrogen (secondary N) is 2. The molecule has 0 spiro atoms. The number of rotatable bonds is 6. The molecule has 3 heterocycles. The fraction of sp³-hybridized carbons (Fsp3) is 0.577. The van der Waals surface area contributed by atoms with Gasteiger partial charge in [-0.3, -0.25) is 10.2 Å². The molecule has 208 valence electrons. The van der Waals surface area contributed by atoms with Crippen LogP contribution in [-0.2, 0) is 25.4 Å². The third-order valence-corrected chi connectivity index (χ3v) is 6.53. The number of anilines is 1. The standard InChI is InChI=1S/C26H36FN5O6/c1-14-8-16(9-15(2)22(14)27)32-23(29-24(33)28-11-20(35-6)36-7)21-18(30-32)10-17-12-37-13-19(21)31(17)25(34)38-26(3,4)5/h8-9,17,19-20H,10-13H2,1-7H3,(H2,28,29,33). The summed E-state index contributed by atoms with van der Waals surface area (Å²) in [7, 11) is 2.95. The molecule has 2 aliphatic heterocycles. The van der Waals surface area contributed by atoms with Gasteiger partial charge in [-0.05, 0) is 57.9 Å². The second kappa shape index (κ2) is 10.9. The third kappa shape index (κ3) is 5.62. The minimum absolute atomic E-state index is 0.0998. The number of nitrogens with zero attached hydrogens (tertiary/aromatic N) is 3. The Balaban J connectivity index is 1.78. The molecule has 2 aromatic rings. The fourth-order valence-corrected chi connectivity index (χ4v) is 4.84. The van der Waals surface area contributed by atoms with Crippen LogP contribution in [0.2, 0.25) is 0 Å². The van der Waals surface area contributed by atoms with Crippen molar-refractivity contribution in [1.82, 2.24) is 20.0 Å². The molecular formula is C26H36FN5O6. The van der Waals surface area contributed by atoms with Crippen LogP contribution in [0.5, 0.6) is 0 Å². The molecule has 2 aliphatic rings. The van der Waals surface area contributed by atoms with E-state index < -0.39 is 30.1 Å². The highest BCUT2D eigenvalue weighted by Crippen LogP contribution is 2.42. The number of halogens is 1. The number of carbonyl (C=O) groups excluding carboxylic acids is 2. The summed E-state index contributed by atoms with van der Waals surface area (Å²) in [6.07, 6.45) is -0.679. The first-order chi connectivity index (χ1) is 17.9. The number of aryl methyl sites for hydroxylation is 2. The molecule has 1 saturated heterocycles. The molecule has 4 rings (SSSR count). The monoisotopic (exact) mass is 533 g/mol. The van der Waals surface area contributed by atoms with Gasteiger partial charge in [-0.2, -0.15) is 5.10 Å². The number of hydrogen-bond acceptors (Lipinski definition) is 7. The number of morpholine rings is 1. The van der Waals surface area contributed by atoms with Gasteiger partial charge >= 0.3 is 12.1 Å². The van der Waals surface area contributed by atoms with Crippen molar-refractivity contribution < 1.29 is 32.9 Å². The Morgan fingerprint density at radius 1 is 1.18 bits per heavy atom. The zero-order valence-electron chi connectivity index (χ0n) is 22.9. The number of fused-ring (bicyclic) bond motifs is 4. The Bertz CT molecular complexity index is 1180. The van der Waals surface area contributed by atoms with Gasteiger partial charge in [0.15, 0.2) is 6.29 Å². The number of aromatic nitrogens is 2. The lowest BCUT2D eigenvalue weighted by Crippen LogP contribution is -2.55. The Hall–Kier alpha value is -3.22. The van der Waals surface area contributed by atoms with E-state index in [1.165, 1.54) is 14.2 Å². The number of ether oxygens (including phenoxy) is 4. The normalized spacial score (nSPS) is 18.8. The molecule has 2 unspecified atom stereocenters. The molecule has 0 aliphatic carbocycles. The van der Waals surface area contributed by atoms with E-state index in [0.29, 0.717) is 41.2 Å². The van der Waals surface area contributed by atoms with Crippen LogP contribution in [0.4, 0.5) is 19.8 Å². The minimum Gasteiger partial charge on any atom is -0.444 e. The zero-order chi connectivity index (χ0) is 27.8. The van der Waals surface area contributed by atoms with E-state index in [1.54, 1.807) is 35.6 Å². The van der Waals surface area contributed by atoms with E-state index in [9.17, 15) is 14.0 Å². The summed E-state index contributed by atoms with van der Waals surface area (Å²) in [5, 5.41) is 10.5.